The minimum Gasteiger partial charge on any atom is -0.493 e. The molecule has 0 amide bonds. The average Bonchev–Trinajstić information content (AvgIpc) is 2.64. The third-order valence-electron chi connectivity index (χ3n) is 3.91. The molecule has 2 aromatic carbocycles. The van der Waals surface area contributed by atoms with Gasteiger partial charge in [0.15, 0.2) is 11.5 Å². The first-order chi connectivity index (χ1) is 13.0. The van der Waals surface area contributed by atoms with Gasteiger partial charge in [-0.1, -0.05) is 39.7 Å². The summed E-state index contributed by atoms with van der Waals surface area (Å²) in [5, 5.41) is 4.15. The molecule has 2 aromatic rings. The van der Waals surface area contributed by atoms with Crippen molar-refractivity contribution in [1.82, 2.24) is 5.32 Å². The molecule has 1 N–H and O–H groups in total. The largest absolute Gasteiger partial charge is 0.493 e. The summed E-state index contributed by atoms with van der Waals surface area (Å²) in [7, 11) is 1.65. The maximum Gasteiger partial charge on any atom is 0.167 e. The maximum atomic E-state index is 6.11. The van der Waals surface area contributed by atoms with Crippen LogP contribution < -0.4 is 14.8 Å². The summed E-state index contributed by atoms with van der Waals surface area (Å²) < 4.78 is 18.2. The van der Waals surface area contributed by atoms with Gasteiger partial charge in [-0.3, -0.25) is 0 Å². The quantitative estimate of drug-likeness (QED) is 0.447. The number of hydrogen-bond donors (Lipinski definition) is 1. The molecule has 0 unspecified atom stereocenters. The van der Waals surface area contributed by atoms with Crippen LogP contribution in [0.5, 0.6) is 11.5 Å². The lowest BCUT2D eigenvalue weighted by Crippen LogP contribution is -2.18. The third-order valence-corrected chi connectivity index (χ3v) is 4.89. The molecule has 0 fully saturated rings. The number of rotatable bonds is 11. The van der Waals surface area contributed by atoms with Crippen molar-refractivity contribution in [2.75, 3.05) is 20.3 Å². The number of halogens is 2. The van der Waals surface area contributed by atoms with Gasteiger partial charge in [-0.15, -0.1) is 0 Å². The summed E-state index contributed by atoms with van der Waals surface area (Å²) in [5.41, 5.74) is 2.04. The van der Waals surface area contributed by atoms with E-state index in [2.05, 4.69) is 21.2 Å². The molecule has 0 aliphatic rings. The van der Waals surface area contributed by atoms with Crippen LogP contribution in [0.3, 0.4) is 0 Å². The summed E-state index contributed by atoms with van der Waals surface area (Å²) >= 11 is 9.69. The molecule has 0 bridgehead atoms. The molecule has 6 heteroatoms. The molecule has 27 heavy (non-hydrogen) atoms. The molecule has 0 saturated heterocycles. The van der Waals surface area contributed by atoms with Gasteiger partial charge in [0.2, 0.25) is 0 Å². The number of methoxy groups -OCH3 is 1. The monoisotopic (exact) mass is 455 g/mol. The number of hydrogen-bond acceptors (Lipinski definition) is 4. The molecule has 0 radical (unpaired) electrons. The van der Waals surface area contributed by atoms with Crippen molar-refractivity contribution in [3.05, 3.63) is 57.0 Å². The molecule has 0 aliphatic heterocycles. The SMILES string of the molecule is COc1ccc(Br)c(CNCCCOC(C)C)c1OCc1cccc(Cl)c1. The van der Waals surface area contributed by atoms with Crippen LogP contribution in [0.1, 0.15) is 31.4 Å². The topological polar surface area (TPSA) is 39.7 Å². The highest BCUT2D eigenvalue weighted by atomic mass is 79.9. The van der Waals surface area contributed by atoms with E-state index in [4.69, 9.17) is 25.8 Å². The molecular formula is C21H27BrClNO3. The Morgan fingerprint density at radius 3 is 2.70 bits per heavy atom. The predicted octanol–water partition coefficient (Wildman–Crippen LogP) is 5.59. The fraction of sp³-hybridized carbons (Fsp3) is 0.429. The smallest absolute Gasteiger partial charge is 0.167 e. The zero-order chi connectivity index (χ0) is 19.6. The van der Waals surface area contributed by atoms with Crippen molar-refractivity contribution in [2.45, 2.75) is 39.5 Å². The zero-order valence-electron chi connectivity index (χ0n) is 16.1. The van der Waals surface area contributed by atoms with Crippen LogP contribution >= 0.6 is 27.5 Å². The van der Waals surface area contributed by atoms with Gasteiger partial charge in [0, 0.05) is 28.2 Å². The molecule has 148 valence electrons. The molecule has 4 nitrogen and oxygen atoms in total. The Kier molecular flexibility index (Phi) is 9.42. The van der Waals surface area contributed by atoms with Crippen molar-refractivity contribution in [2.24, 2.45) is 0 Å². The zero-order valence-corrected chi connectivity index (χ0v) is 18.4. The highest BCUT2D eigenvalue weighted by Gasteiger charge is 2.15. The van der Waals surface area contributed by atoms with Crippen LogP contribution in [0.4, 0.5) is 0 Å². The first-order valence-electron chi connectivity index (χ1n) is 9.06. The molecular weight excluding hydrogens is 430 g/mol. The highest BCUT2D eigenvalue weighted by Crippen LogP contribution is 2.36. The Hall–Kier alpha value is -1.27. The van der Waals surface area contributed by atoms with Crippen LogP contribution in [0.15, 0.2) is 40.9 Å². The first kappa shape index (κ1) is 22.0. The lowest BCUT2D eigenvalue weighted by molar-refractivity contribution is 0.0770. The summed E-state index contributed by atoms with van der Waals surface area (Å²) in [6.45, 7) is 6.80. The van der Waals surface area contributed by atoms with E-state index in [1.54, 1.807) is 7.11 Å². The second-order valence-electron chi connectivity index (χ2n) is 6.43. The van der Waals surface area contributed by atoms with Gasteiger partial charge in [-0.2, -0.15) is 0 Å². The average molecular weight is 457 g/mol. The highest BCUT2D eigenvalue weighted by molar-refractivity contribution is 9.10. The second-order valence-corrected chi connectivity index (χ2v) is 7.72. The van der Waals surface area contributed by atoms with E-state index in [9.17, 15) is 0 Å². The number of ether oxygens (including phenoxy) is 3. The Balaban J connectivity index is 2.02. The minimum absolute atomic E-state index is 0.268. The summed E-state index contributed by atoms with van der Waals surface area (Å²) in [6.07, 6.45) is 1.22. The summed E-state index contributed by atoms with van der Waals surface area (Å²) in [4.78, 5) is 0. The molecule has 2 rings (SSSR count). The minimum atomic E-state index is 0.268. The molecule has 0 saturated carbocycles. The van der Waals surface area contributed by atoms with Gasteiger partial charge in [-0.05, 0) is 56.6 Å². The van der Waals surface area contributed by atoms with E-state index in [1.165, 1.54) is 0 Å². The molecule has 0 aromatic heterocycles. The van der Waals surface area contributed by atoms with E-state index in [-0.39, 0.29) is 6.10 Å². The lowest BCUT2D eigenvalue weighted by atomic mass is 10.1. The Labute approximate surface area is 175 Å². The summed E-state index contributed by atoms with van der Waals surface area (Å²) in [5.74, 6) is 1.44. The molecule has 0 spiro atoms. The Bertz CT molecular complexity index is 725. The normalized spacial score (nSPS) is 11.0. The van der Waals surface area contributed by atoms with Gasteiger partial charge in [0.1, 0.15) is 6.61 Å². The van der Waals surface area contributed by atoms with Crippen LogP contribution in [0, 0.1) is 0 Å². The van der Waals surface area contributed by atoms with Gasteiger partial charge in [0.25, 0.3) is 0 Å². The predicted molar refractivity (Wildman–Crippen MR) is 114 cm³/mol. The molecule has 0 aliphatic carbocycles. The van der Waals surface area contributed by atoms with E-state index in [1.807, 2.05) is 50.2 Å². The van der Waals surface area contributed by atoms with Crippen LogP contribution in [0.2, 0.25) is 5.02 Å². The van der Waals surface area contributed by atoms with Crippen molar-refractivity contribution >= 4 is 27.5 Å². The fourth-order valence-electron chi connectivity index (χ4n) is 2.58. The molecule has 0 heterocycles. The number of benzene rings is 2. The van der Waals surface area contributed by atoms with E-state index in [0.29, 0.717) is 23.9 Å². The van der Waals surface area contributed by atoms with Crippen molar-refractivity contribution in [3.8, 4) is 11.5 Å². The Morgan fingerprint density at radius 1 is 1.19 bits per heavy atom. The Morgan fingerprint density at radius 2 is 2.00 bits per heavy atom. The van der Waals surface area contributed by atoms with Crippen molar-refractivity contribution in [1.29, 1.82) is 0 Å². The van der Waals surface area contributed by atoms with E-state index in [0.717, 1.165) is 40.9 Å². The summed E-state index contributed by atoms with van der Waals surface area (Å²) in [6, 6.07) is 11.5. The van der Waals surface area contributed by atoms with Crippen molar-refractivity contribution < 1.29 is 14.2 Å². The third kappa shape index (κ3) is 7.34. The van der Waals surface area contributed by atoms with E-state index >= 15 is 0 Å². The maximum absolute atomic E-state index is 6.11. The number of nitrogens with one attached hydrogen (secondary N) is 1. The van der Waals surface area contributed by atoms with Crippen LogP contribution in [-0.2, 0) is 17.9 Å². The lowest BCUT2D eigenvalue weighted by Gasteiger charge is -2.17. The molecule has 0 atom stereocenters. The first-order valence-corrected chi connectivity index (χ1v) is 10.2. The van der Waals surface area contributed by atoms with Gasteiger partial charge >= 0.3 is 0 Å². The van der Waals surface area contributed by atoms with Crippen molar-refractivity contribution in [3.63, 3.8) is 0 Å². The van der Waals surface area contributed by atoms with Gasteiger partial charge in [-0.25, -0.2) is 0 Å². The van der Waals surface area contributed by atoms with E-state index < -0.39 is 0 Å². The second kappa shape index (κ2) is 11.5. The fourth-order valence-corrected chi connectivity index (χ4v) is 3.24. The van der Waals surface area contributed by atoms with Crippen LogP contribution in [0.25, 0.3) is 0 Å². The van der Waals surface area contributed by atoms with Gasteiger partial charge in [0.05, 0.1) is 13.2 Å². The standard InChI is InChI=1S/C21H27BrClNO3/c1-15(2)26-11-5-10-24-13-18-19(22)8-9-20(25-3)21(18)27-14-16-6-4-7-17(23)12-16/h4,6-9,12,15,24H,5,10-11,13-14H2,1-3H3. The van der Waals surface area contributed by atoms with Crippen LogP contribution in [-0.4, -0.2) is 26.4 Å². The van der Waals surface area contributed by atoms with Gasteiger partial charge < -0.3 is 19.5 Å².